The van der Waals surface area contributed by atoms with Crippen molar-refractivity contribution in [3.63, 3.8) is 0 Å². The highest BCUT2D eigenvalue weighted by molar-refractivity contribution is 7.16. The number of esters is 1. The molecule has 1 aromatic carbocycles. The second-order valence-electron chi connectivity index (χ2n) is 7.07. The molecule has 0 spiro atoms. The van der Waals surface area contributed by atoms with E-state index in [1.165, 1.54) is 18.4 Å². The number of anilines is 1. The van der Waals surface area contributed by atoms with Gasteiger partial charge in [-0.2, -0.15) is 0 Å². The van der Waals surface area contributed by atoms with Crippen molar-refractivity contribution in [3.8, 4) is 0 Å². The maximum Gasteiger partial charge on any atom is 0.357 e. The summed E-state index contributed by atoms with van der Waals surface area (Å²) in [6.45, 7) is 5.43. The fourth-order valence-electron chi connectivity index (χ4n) is 3.14. The molecule has 1 N–H and O–H groups in total. The van der Waals surface area contributed by atoms with Crippen LogP contribution < -0.4 is 5.32 Å². The first-order valence-corrected chi connectivity index (χ1v) is 10.2. The smallest absolute Gasteiger partial charge is 0.357 e. The number of thiazole rings is 1. The Labute approximate surface area is 173 Å². The molecule has 0 saturated carbocycles. The molecule has 3 rings (SSSR count). The summed E-state index contributed by atoms with van der Waals surface area (Å²) in [7, 11) is 2.99. The van der Waals surface area contributed by atoms with Crippen LogP contribution in [0.2, 0.25) is 0 Å². The minimum absolute atomic E-state index is 0.263. The Hall–Kier alpha value is -2.71. The van der Waals surface area contributed by atoms with Crippen molar-refractivity contribution < 1.29 is 19.1 Å². The zero-order valence-corrected chi connectivity index (χ0v) is 17.8. The fraction of sp³-hybridized carbons (Fsp3) is 0.381. The third kappa shape index (κ3) is 4.65. The van der Waals surface area contributed by atoms with Gasteiger partial charge in [0.2, 0.25) is 0 Å². The molecule has 3 aromatic rings. The zero-order chi connectivity index (χ0) is 21.0. The summed E-state index contributed by atoms with van der Waals surface area (Å²) in [6, 6.07) is 7.53. The molecule has 29 heavy (non-hydrogen) atoms. The predicted molar refractivity (Wildman–Crippen MR) is 114 cm³/mol. The number of benzene rings is 1. The van der Waals surface area contributed by atoms with Crippen molar-refractivity contribution in [3.05, 3.63) is 46.6 Å². The Balaban J connectivity index is 1.88. The van der Waals surface area contributed by atoms with Crippen LogP contribution in [0.25, 0.3) is 10.9 Å². The standard InChI is InChI=1S/C21H25N3O4S/c1-13(2)12-17-18(20(26)28-4)22-21(29-17)23-19(25)15-6-5-7-16-14(15)8-9-24(16)10-11-27-3/h5-9,13H,10-12H2,1-4H3,(H,22,23,25). The Morgan fingerprint density at radius 2 is 2.03 bits per heavy atom. The lowest BCUT2D eigenvalue weighted by Crippen LogP contribution is -2.13. The molecule has 2 aromatic heterocycles. The van der Waals surface area contributed by atoms with Crippen LogP contribution in [0.3, 0.4) is 0 Å². The number of aromatic nitrogens is 2. The van der Waals surface area contributed by atoms with Gasteiger partial charge in [0.1, 0.15) is 0 Å². The Bertz CT molecular complexity index is 1020. The number of fused-ring (bicyclic) bond motifs is 1. The van der Waals surface area contributed by atoms with E-state index in [1.54, 1.807) is 13.2 Å². The minimum Gasteiger partial charge on any atom is -0.464 e. The number of methoxy groups -OCH3 is 2. The Kier molecular flexibility index (Phi) is 6.66. The van der Waals surface area contributed by atoms with Gasteiger partial charge in [0.05, 0.1) is 13.7 Å². The highest BCUT2D eigenvalue weighted by Crippen LogP contribution is 2.28. The number of ether oxygens (including phenoxy) is 2. The largest absolute Gasteiger partial charge is 0.464 e. The molecule has 1 amide bonds. The highest BCUT2D eigenvalue weighted by Gasteiger charge is 2.21. The summed E-state index contributed by atoms with van der Waals surface area (Å²) < 4.78 is 12.0. The van der Waals surface area contributed by atoms with Gasteiger partial charge in [-0.3, -0.25) is 10.1 Å². The van der Waals surface area contributed by atoms with E-state index in [-0.39, 0.29) is 11.6 Å². The highest BCUT2D eigenvalue weighted by atomic mass is 32.1. The quantitative estimate of drug-likeness (QED) is 0.563. The van der Waals surface area contributed by atoms with Crippen molar-refractivity contribution in [2.75, 3.05) is 26.1 Å². The van der Waals surface area contributed by atoms with Gasteiger partial charge in [-0.25, -0.2) is 9.78 Å². The van der Waals surface area contributed by atoms with E-state index in [4.69, 9.17) is 9.47 Å². The third-order valence-corrected chi connectivity index (χ3v) is 5.48. The van der Waals surface area contributed by atoms with Crippen LogP contribution in [0, 0.1) is 5.92 Å². The van der Waals surface area contributed by atoms with Gasteiger partial charge in [0.15, 0.2) is 10.8 Å². The van der Waals surface area contributed by atoms with Crippen molar-refractivity contribution in [1.82, 2.24) is 9.55 Å². The van der Waals surface area contributed by atoms with E-state index in [2.05, 4.69) is 28.7 Å². The summed E-state index contributed by atoms with van der Waals surface area (Å²) in [6.07, 6.45) is 2.63. The van der Waals surface area contributed by atoms with Crippen LogP contribution in [0.4, 0.5) is 5.13 Å². The van der Waals surface area contributed by atoms with Gasteiger partial charge in [-0.1, -0.05) is 19.9 Å². The molecule has 0 aliphatic heterocycles. The van der Waals surface area contributed by atoms with Crippen molar-refractivity contribution >= 4 is 39.2 Å². The van der Waals surface area contributed by atoms with Crippen molar-refractivity contribution in [1.29, 1.82) is 0 Å². The van der Waals surface area contributed by atoms with Crippen LogP contribution >= 0.6 is 11.3 Å². The lowest BCUT2D eigenvalue weighted by atomic mass is 10.1. The van der Waals surface area contributed by atoms with Crippen molar-refractivity contribution in [2.45, 2.75) is 26.8 Å². The molecular formula is C21H25N3O4S. The first-order chi connectivity index (χ1) is 13.9. The van der Waals surface area contributed by atoms with Gasteiger partial charge in [0, 0.05) is 41.2 Å². The van der Waals surface area contributed by atoms with Crippen molar-refractivity contribution in [2.24, 2.45) is 5.92 Å². The first-order valence-electron chi connectivity index (χ1n) is 9.40. The second-order valence-corrected chi connectivity index (χ2v) is 8.16. The first kappa shape index (κ1) is 21.0. The number of nitrogens with zero attached hydrogens (tertiary/aromatic N) is 2. The van der Waals surface area contributed by atoms with E-state index < -0.39 is 5.97 Å². The van der Waals surface area contributed by atoms with Gasteiger partial charge in [-0.15, -0.1) is 11.3 Å². The maximum absolute atomic E-state index is 12.9. The summed E-state index contributed by atoms with van der Waals surface area (Å²) in [5.74, 6) is -0.404. The van der Waals surface area contributed by atoms with Gasteiger partial charge < -0.3 is 14.0 Å². The number of hydrogen-bond acceptors (Lipinski definition) is 6. The Morgan fingerprint density at radius 3 is 2.72 bits per heavy atom. The third-order valence-electron chi connectivity index (χ3n) is 4.48. The predicted octanol–water partition coefficient (Wildman–Crippen LogP) is 3.98. The van der Waals surface area contributed by atoms with Gasteiger partial charge >= 0.3 is 5.97 Å². The average Bonchev–Trinajstić information content (AvgIpc) is 3.28. The molecule has 0 saturated heterocycles. The van der Waals surface area contributed by atoms with Gasteiger partial charge in [-0.05, 0) is 30.5 Å². The van der Waals surface area contributed by atoms with Crippen LogP contribution in [0.1, 0.15) is 39.6 Å². The second kappa shape index (κ2) is 9.19. The molecule has 8 heteroatoms. The number of amides is 1. The molecule has 2 heterocycles. The summed E-state index contributed by atoms with van der Waals surface area (Å²) in [4.78, 5) is 30.1. The molecule has 0 bridgehead atoms. The van der Waals surface area contributed by atoms with Gasteiger partial charge in [0.25, 0.3) is 5.91 Å². The SMILES string of the molecule is COCCn1ccc2c(C(=O)Nc3nc(C(=O)OC)c(CC(C)C)s3)cccc21. The molecule has 0 radical (unpaired) electrons. The molecule has 0 aliphatic carbocycles. The molecule has 0 fully saturated rings. The van der Waals surface area contributed by atoms with E-state index in [0.717, 1.165) is 15.8 Å². The number of nitrogens with one attached hydrogen (secondary N) is 1. The number of carbonyl (C=O) groups is 2. The average molecular weight is 416 g/mol. The monoisotopic (exact) mass is 415 g/mol. The maximum atomic E-state index is 12.9. The normalized spacial score (nSPS) is 11.2. The Morgan fingerprint density at radius 1 is 1.24 bits per heavy atom. The van der Waals surface area contributed by atoms with Crippen LogP contribution in [-0.4, -0.2) is 42.3 Å². The van der Waals surface area contributed by atoms with E-state index >= 15 is 0 Å². The summed E-state index contributed by atoms with van der Waals surface area (Å²) in [5.41, 5.74) is 1.79. The van der Waals surface area contributed by atoms with E-state index in [1.807, 2.05) is 24.4 Å². The topological polar surface area (TPSA) is 82.5 Å². The zero-order valence-electron chi connectivity index (χ0n) is 17.0. The fourth-order valence-corrected chi connectivity index (χ4v) is 4.30. The van der Waals surface area contributed by atoms with Crippen LogP contribution in [-0.2, 0) is 22.4 Å². The number of hydrogen-bond donors (Lipinski definition) is 1. The summed E-state index contributed by atoms with van der Waals surface area (Å²) >= 11 is 1.31. The lowest BCUT2D eigenvalue weighted by Gasteiger charge is -2.07. The molecule has 7 nitrogen and oxygen atoms in total. The summed E-state index contributed by atoms with van der Waals surface area (Å²) in [5, 5.41) is 4.09. The molecule has 0 unspecified atom stereocenters. The van der Waals surface area contributed by atoms with E-state index in [0.29, 0.717) is 36.2 Å². The van der Waals surface area contributed by atoms with Crippen LogP contribution in [0.5, 0.6) is 0 Å². The van der Waals surface area contributed by atoms with E-state index in [9.17, 15) is 9.59 Å². The molecule has 154 valence electrons. The minimum atomic E-state index is -0.491. The number of rotatable bonds is 8. The number of carbonyl (C=O) groups excluding carboxylic acids is 2. The van der Waals surface area contributed by atoms with Crippen LogP contribution in [0.15, 0.2) is 30.5 Å². The molecule has 0 aliphatic rings. The lowest BCUT2D eigenvalue weighted by molar-refractivity contribution is 0.0593. The molecule has 0 atom stereocenters. The molecular weight excluding hydrogens is 390 g/mol.